The summed E-state index contributed by atoms with van der Waals surface area (Å²) in [4.78, 5) is 21.0. The quantitative estimate of drug-likeness (QED) is 0.890. The van der Waals surface area contributed by atoms with Crippen LogP contribution in [0.2, 0.25) is 0 Å². The van der Waals surface area contributed by atoms with Gasteiger partial charge in [0.25, 0.3) is 5.91 Å². The molecule has 1 amide bonds. The van der Waals surface area contributed by atoms with Gasteiger partial charge in [0.2, 0.25) is 0 Å². The van der Waals surface area contributed by atoms with Crippen molar-refractivity contribution in [3.05, 3.63) is 53.5 Å². The van der Waals surface area contributed by atoms with Gasteiger partial charge in [-0.15, -0.1) is 0 Å². The molecular weight excluding hydrogens is 276 g/mol. The van der Waals surface area contributed by atoms with Crippen LogP contribution in [0.4, 0.5) is 5.82 Å². The molecule has 0 radical (unpaired) electrons. The molecule has 22 heavy (non-hydrogen) atoms. The van der Waals surface area contributed by atoms with Crippen LogP contribution in [-0.2, 0) is 0 Å². The molecule has 1 aliphatic carbocycles. The van der Waals surface area contributed by atoms with E-state index in [1.165, 1.54) is 0 Å². The molecule has 5 heteroatoms. The van der Waals surface area contributed by atoms with Crippen LogP contribution in [-0.4, -0.2) is 21.9 Å². The maximum absolute atomic E-state index is 12.4. The number of benzene rings is 1. The monoisotopic (exact) mass is 296 g/mol. The molecule has 2 aromatic rings. The van der Waals surface area contributed by atoms with Crippen molar-refractivity contribution in [1.29, 1.82) is 0 Å². The van der Waals surface area contributed by atoms with Gasteiger partial charge in [-0.05, 0) is 32.3 Å². The standard InChI is InChI=1S/C17H20N4O/c1-11(13-6-4-3-5-7-13)18-17(22)15-10-16(20-12(2)19-15)21-14-8-9-14/h3-7,10-11,14H,8-9H2,1-2H3,(H,18,22)(H,19,20,21). The Balaban J connectivity index is 1.72. The maximum Gasteiger partial charge on any atom is 0.270 e. The highest BCUT2D eigenvalue weighted by molar-refractivity contribution is 5.93. The Morgan fingerprint density at radius 1 is 1.23 bits per heavy atom. The number of carbonyl (C=O) groups is 1. The highest BCUT2D eigenvalue weighted by Gasteiger charge is 2.22. The summed E-state index contributed by atoms with van der Waals surface area (Å²) in [5, 5.41) is 6.28. The zero-order valence-corrected chi connectivity index (χ0v) is 12.8. The van der Waals surface area contributed by atoms with Gasteiger partial charge < -0.3 is 10.6 Å². The van der Waals surface area contributed by atoms with Gasteiger partial charge >= 0.3 is 0 Å². The summed E-state index contributed by atoms with van der Waals surface area (Å²) in [5.74, 6) is 1.15. The molecule has 0 bridgehead atoms. The van der Waals surface area contributed by atoms with Crippen molar-refractivity contribution < 1.29 is 4.79 Å². The fourth-order valence-corrected chi connectivity index (χ4v) is 2.29. The number of hydrogen-bond donors (Lipinski definition) is 2. The Morgan fingerprint density at radius 2 is 1.95 bits per heavy atom. The van der Waals surface area contributed by atoms with E-state index in [0.29, 0.717) is 17.6 Å². The molecule has 0 saturated heterocycles. The smallest absolute Gasteiger partial charge is 0.270 e. The van der Waals surface area contributed by atoms with E-state index in [9.17, 15) is 4.79 Å². The van der Waals surface area contributed by atoms with Gasteiger partial charge in [0.05, 0.1) is 6.04 Å². The van der Waals surface area contributed by atoms with Crippen LogP contribution < -0.4 is 10.6 Å². The largest absolute Gasteiger partial charge is 0.367 e. The van der Waals surface area contributed by atoms with Crippen molar-refractivity contribution in [2.24, 2.45) is 0 Å². The molecule has 0 spiro atoms. The molecule has 0 aliphatic heterocycles. The predicted octanol–water partition coefficient (Wildman–Crippen LogP) is 2.85. The highest BCUT2D eigenvalue weighted by atomic mass is 16.1. The van der Waals surface area contributed by atoms with Crippen molar-refractivity contribution in [3.8, 4) is 0 Å². The molecule has 1 unspecified atom stereocenters. The normalized spacial score (nSPS) is 15.2. The Kier molecular flexibility index (Phi) is 4.04. The van der Waals surface area contributed by atoms with Crippen LogP contribution in [0.15, 0.2) is 36.4 Å². The van der Waals surface area contributed by atoms with Gasteiger partial charge in [-0.3, -0.25) is 4.79 Å². The van der Waals surface area contributed by atoms with Crippen molar-refractivity contribution in [2.75, 3.05) is 5.32 Å². The van der Waals surface area contributed by atoms with Gasteiger partial charge in [-0.25, -0.2) is 9.97 Å². The van der Waals surface area contributed by atoms with Crippen molar-refractivity contribution in [2.45, 2.75) is 38.8 Å². The van der Waals surface area contributed by atoms with E-state index in [2.05, 4.69) is 20.6 Å². The topological polar surface area (TPSA) is 66.9 Å². The van der Waals surface area contributed by atoms with Gasteiger partial charge in [0.15, 0.2) is 0 Å². The van der Waals surface area contributed by atoms with E-state index < -0.39 is 0 Å². The number of hydrogen-bond acceptors (Lipinski definition) is 4. The summed E-state index contributed by atoms with van der Waals surface area (Å²) >= 11 is 0. The molecule has 2 N–H and O–H groups in total. The predicted molar refractivity (Wildman–Crippen MR) is 85.7 cm³/mol. The number of aromatic nitrogens is 2. The van der Waals surface area contributed by atoms with Crippen LogP contribution in [0.3, 0.4) is 0 Å². The van der Waals surface area contributed by atoms with Gasteiger partial charge in [-0.2, -0.15) is 0 Å². The molecule has 1 fully saturated rings. The zero-order valence-electron chi connectivity index (χ0n) is 12.8. The minimum atomic E-state index is -0.180. The molecule has 3 rings (SSSR count). The first kappa shape index (κ1) is 14.5. The van der Waals surface area contributed by atoms with E-state index >= 15 is 0 Å². The SMILES string of the molecule is Cc1nc(NC2CC2)cc(C(=O)NC(C)c2ccccc2)n1. The van der Waals surface area contributed by atoms with E-state index in [1.807, 2.05) is 37.3 Å². The zero-order chi connectivity index (χ0) is 15.5. The van der Waals surface area contributed by atoms with Gasteiger partial charge in [0.1, 0.15) is 17.3 Å². The van der Waals surface area contributed by atoms with E-state index in [-0.39, 0.29) is 11.9 Å². The van der Waals surface area contributed by atoms with Gasteiger partial charge in [0, 0.05) is 12.1 Å². The first-order chi connectivity index (χ1) is 10.6. The molecular formula is C17H20N4O. The summed E-state index contributed by atoms with van der Waals surface area (Å²) in [7, 11) is 0. The first-order valence-corrected chi connectivity index (χ1v) is 7.60. The average molecular weight is 296 g/mol. The number of aryl methyl sites for hydroxylation is 1. The number of nitrogens with one attached hydrogen (secondary N) is 2. The third-order valence-electron chi connectivity index (χ3n) is 3.65. The minimum absolute atomic E-state index is 0.0659. The van der Waals surface area contributed by atoms with Crippen LogP contribution in [0, 0.1) is 6.92 Å². The van der Waals surface area contributed by atoms with E-state index in [0.717, 1.165) is 24.2 Å². The van der Waals surface area contributed by atoms with Gasteiger partial charge in [-0.1, -0.05) is 30.3 Å². The van der Waals surface area contributed by atoms with Crippen molar-refractivity contribution >= 4 is 11.7 Å². The number of rotatable bonds is 5. The fraction of sp³-hybridized carbons (Fsp3) is 0.353. The lowest BCUT2D eigenvalue weighted by Gasteiger charge is -2.14. The summed E-state index contributed by atoms with van der Waals surface area (Å²) in [6.45, 7) is 3.76. The number of nitrogens with zero attached hydrogens (tertiary/aromatic N) is 2. The molecule has 1 aromatic carbocycles. The summed E-state index contributed by atoms with van der Waals surface area (Å²) in [5.41, 5.74) is 1.47. The van der Waals surface area contributed by atoms with Crippen LogP contribution >= 0.6 is 0 Å². The number of amides is 1. The maximum atomic E-state index is 12.4. The van der Waals surface area contributed by atoms with Crippen LogP contribution in [0.5, 0.6) is 0 Å². The molecule has 1 aliphatic rings. The molecule has 1 atom stereocenters. The third-order valence-corrected chi connectivity index (χ3v) is 3.65. The fourth-order valence-electron chi connectivity index (χ4n) is 2.29. The van der Waals surface area contributed by atoms with Crippen molar-refractivity contribution in [3.63, 3.8) is 0 Å². The Hall–Kier alpha value is -2.43. The molecule has 1 saturated carbocycles. The number of carbonyl (C=O) groups excluding carboxylic acids is 1. The minimum Gasteiger partial charge on any atom is -0.367 e. The van der Waals surface area contributed by atoms with E-state index in [1.54, 1.807) is 13.0 Å². The Bertz CT molecular complexity index is 668. The second-order valence-electron chi connectivity index (χ2n) is 5.71. The lowest BCUT2D eigenvalue weighted by atomic mass is 10.1. The Labute approximate surface area is 130 Å². The van der Waals surface area contributed by atoms with Crippen LogP contribution in [0.1, 0.15) is 47.7 Å². The highest BCUT2D eigenvalue weighted by Crippen LogP contribution is 2.24. The first-order valence-electron chi connectivity index (χ1n) is 7.60. The molecule has 5 nitrogen and oxygen atoms in total. The number of anilines is 1. The summed E-state index contributed by atoms with van der Waals surface area (Å²) in [6, 6.07) is 12.0. The second-order valence-corrected chi connectivity index (χ2v) is 5.71. The molecule has 1 heterocycles. The Morgan fingerprint density at radius 3 is 2.64 bits per heavy atom. The third kappa shape index (κ3) is 3.61. The van der Waals surface area contributed by atoms with Crippen LogP contribution in [0.25, 0.3) is 0 Å². The van der Waals surface area contributed by atoms with Crippen molar-refractivity contribution in [1.82, 2.24) is 15.3 Å². The molecule has 114 valence electrons. The average Bonchev–Trinajstić information content (AvgIpc) is 3.31. The molecule has 1 aromatic heterocycles. The second kappa shape index (κ2) is 6.13. The lowest BCUT2D eigenvalue weighted by Crippen LogP contribution is -2.28. The summed E-state index contributed by atoms with van der Waals surface area (Å²) < 4.78 is 0. The van der Waals surface area contributed by atoms with E-state index in [4.69, 9.17) is 0 Å². The summed E-state index contributed by atoms with van der Waals surface area (Å²) in [6.07, 6.45) is 2.32. The lowest BCUT2D eigenvalue weighted by molar-refractivity contribution is 0.0934.